The van der Waals surface area contributed by atoms with Crippen LogP contribution < -0.4 is 19.1 Å². The van der Waals surface area contributed by atoms with Crippen molar-refractivity contribution in [3.63, 3.8) is 0 Å². The molecule has 36 heavy (non-hydrogen) atoms. The summed E-state index contributed by atoms with van der Waals surface area (Å²) in [6.45, 7) is -0.371. The molecule has 0 aromatic heterocycles. The van der Waals surface area contributed by atoms with E-state index in [1.807, 2.05) is 12.1 Å². The Balaban J connectivity index is 1.35. The number of nitrogens with one attached hydrogen (secondary N) is 1. The number of nitrogens with zero attached hydrogens (tertiary/aromatic N) is 1. The first kappa shape index (κ1) is 25.2. The minimum atomic E-state index is -3.70. The summed E-state index contributed by atoms with van der Waals surface area (Å²) in [6, 6.07) is 10.9. The Kier molecular flexibility index (Phi) is 6.62. The van der Waals surface area contributed by atoms with Gasteiger partial charge in [0.15, 0.2) is 0 Å². The van der Waals surface area contributed by atoms with Gasteiger partial charge in [-0.2, -0.15) is 0 Å². The molecule has 4 aliphatic carbocycles. The number of benzene rings is 2. The van der Waals surface area contributed by atoms with E-state index in [1.54, 1.807) is 6.07 Å². The van der Waals surface area contributed by atoms with Crippen LogP contribution in [0.15, 0.2) is 36.4 Å². The molecule has 0 heterocycles. The number of carbonyl (C=O) groups excluding carboxylic acids is 1. The van der Waals surface area contributed by atoms with Crippen molar-refractivity contribution in [3.8, 4) is 11.5 Å². The third-order valence-electron chi connectivity index (χ3n) is 8.24. The summed E-state index contributed by atoms with van der Waals surface area (Å²) in [4.78, 5) is 12.9. The summed E-state index contributed by atoms with van der Waals surface area (Å²) in [6.07, 6.45) is 8.95. The molecule has 0 atom stereocenters. The Morgan fingerprint density at radius 1 is 1.00 bits per heavy atom. The van der Waals surface area contributed by atoms with Gasteiger partial charge >= 0.3 is 0 Å². The number of halogens is 1. The number of methoxy groups -OCH3 is 2. The van der Waals surface area contributed by atoms with Gasteiger partial charge in [0.25, 0.3) is 0 Å². The molecule has 6 rings (SSSR count). The highest BCUT2D eigenvalue weighted by atomic mass is 35.5. The molecule has 4 aliphatic rings. The van der Waals surface area contributed by atoms with E-state index < -0.39 is 15.9 Å². The third-order valence-corrected chi connectivity index (χ3v) is 9.68. The molecule has 9 heteroatoms. The van der Waals surface area contributed by atoms with Crippen molar-refractivity contribution in [2.45, 2.75) is 43.9 Å². The zero-order valence-electron chi connectivity index (χ0n) is 20.9. The number of hydrogen-bond donors (Lipinski definition) is 1. The number of rotatable bonds is 8. The van der Waals surface area contributed by atoms with E-state index in [-0.39, 0.29) is 12.0 Å². The number of ether oxygens (including phenoxy) is 2. The molecule has 0 aliphatic heterocycles. The minimum Gasteiger partial charge on any atom is -0.495 e. The molecule has 2 aromatic carbocycles. The van der Waals surface area contributed by atoms with Crippen LogP contribution in [0.4, 0.5) is 11.4 Å². The van der Waals surface area contributed by atoms with Crippen LogP contribution in [0.25, 0.3) is 0 Å². The molecular weight excluding hydrogens is 500 g/mol. The van der Waals surface area contributed by atoms with Gasteiger partial charge in [0.1, 0.15) is 18.0 Å². The van der Waals surface area contributed by atoms with E-state index in [4.69, 9.17) is 21.1 Å². The molecule has 1 amide bonds. The van der Waals surface area contributed by atoms with Gasteiger partial charge in [0.2, 0.25) is 15.9 Å². The Morgan fingerprint density at radius 2 is 1.56 bits per heavy atom. The summed E-state index contributed by atoms with van der Waals surface area (Å²) in [5, 5.41) is 3.06. The fraction of sp³-hybridized carbons (Fsp3) is 0.519. The normalized spacial score (nSPS) is 26.5. The van der Waals surface area contributed by atoms with Gasteiger partial charge in [-0.1, -0.05) is 23.7 Å². The first-order valence-corrected chi connectivity index (χ1v) is 14.6. The van der Waals surface area contributed by atoms with E-state index >= 15 is 0 Å². The first-order chi connectivity index (χ1) is 17.1. The van der Waals surface area contributed by atoms with Crippen LogP contribution in [0.3, 0.4) is 0 Å². The summed E-state index contributed by atoms with van der Waals surface area (Å²) in [5.74, 6) is 2.70. The second-order valence-corrected chi connectivity index (χ2v) is 13.1. The summed E-state index contributed by atoms with van der Waals surface area (Å²) < 4.78 is 37.0. The molecule has 194 valence electrons. The lowest BCUT2D eigenvalue weighted by molar-refractivity contribution is -0.114. The maximum Gasteiger partial charge on any atom is 0.245 e. The van der Waals surface area contributed by atoms with Gasteiger partial charge in [-0.05, 0) is 79.4 Å². The molecular formula is C27H33ClN2O5S. The number of carbonyl (C=O) groups is 1. The lowest BCUT2D eigenvalue weighted by Gasteiger charge is -2.57. The summed E-state index contributed by atoms with van der Waals surface area (Å²) >= 11 is 6.15. The van der Waals surface area contributed by atoms with Crippen molar-refractivity contribution in [1.82, 2.24) is 0 Å². The average molecular weight is 533 g/mol. The van der Waals surface area contributed by atoms with Gasteiger partial charge in [-0.25, -0.2) is 8.42 Å². The Hall–Kier alpha value is -2.45. The Labute approximate surface area is 218 Å². The molecule has 0 saturated heterocycles. The zero-order valence-corrected chi connectivity index (χ0v) is 22.5. The molecule has 4 bridgehead atoms. The standard InChI is InChI=1S/C27H33ClN2O5S/c1-34-24-12-23(25(35-2)11-22(24)28)29-26(31)16-30(36(3,32)33)21-6-4-20(5-7-21)27-13-17-8-18(14-27)10-19(9-17)15-27/h4-7,11-12,17-19H,8-10,13-16H2,1-3H3,(H,29,31). The van der Waals surface area contributed by atoms with Gasteiger partial charge in [-0.3, -0.25) is 9.10 Å². The topological polar surface area (TPSA) is 84.9 Å². The maximum atomic E-state index is 12.9. The SMILES string of the molecule is COc1cc(NC(=O)CN(c2ccc(C34CC5CC(CC(C5)C3)C4)cc2)S(C)(=O)=O)c(OC)cc1Cl. The van der Waals surface area contributed by atoms with E-state index in [0.29, 0.717) is 27.9 Å². The quantitative estimate of drug-likeness (QED) is 0.503. The van der Waals surface area contributed by atoms with Crippen molar-refractivity contribution < 1.29 is 22.7 Å². The van der Waals surface area contributed by atoms with E-state index in [1.165, 1.54) is 64.4 Å². The van der Waals surface area contributed by atoms with Crippen LogP contribution in [0.5, 0.6) is 11.5 Å². The summed E-state index contributed by atoms with van der Waals surface area (Å²) in [5.41, 5.74) is 2.35. The number of anilines is 2. The van der Waals surface area contributed by atoms with Crippen LogP contribution >= 0.6 is 11.6 Å². The van der Waals surface area contributed by atoms with Crippen molar-refractivity contribution in [3.05, 3.63) is 47.0 Å². The first-order valence-electron chi connectivity index (χ1n) is 12.4. The van der Waals surface area contributed by atoms with Gasteiger partial charge in [0.05, 0.1) is 36.9 Å². The van der Waals surface area contributed by atoms with Crippen LogP contribution in [-0.4, -0.2) is 41.3 Å². The van der Waals surface area contributed by atoms with Crippen LogP contribution in [0, 0.1) is 17.8 Å². The van der Waals surface area contributed by atoms with Crippen molar-refractivity contribution in [1.29, 1.82) is 0 Å². The second-order valence-electron chi connectivity index (χ2n) is 10.7. The van der Waals surface area contributed by atoms with Gasteiger partial charge in [0, 0.05) is 12.1 Å². The minimum absolute atomic E-state index is 0.227. The number of sulfonamides is 1. The van der Waals surface area contributed by atoms with Crippen molar-refractivity contribution >= 4 is 38.9 Å². The zero-order chi connectivity index (χ0) is 25.7. The monoisotopic (exact) mass is 532 g/mol. The smallest absolute Gasteiger partial charge is 0.245 e. The maximum absolute atomic E-state index is 12.9. The van der Waals surface area contributed by atoms with Crippen molar-refractivity contribution in [2.75, 3.05) is 36.6 Å². The molecule has 0 spiro atoms. The molecule has 0 unspecified atom stereocenters. The van der Waals surface area contributed by atoms with E-state index in [2.05, 4.69) is 17.4 Å². The fourth-order valence-electron chi connectivity index (χ4n) is 7.12. The molecule has 7 nitrogen and oxygen atoms in total. The highest BCUT2D eigenvalue weighted by molar-refractivity contribution is 7.92. The number of amides is 1. The van der Waals surface area contributed by atoms with Crippen LogP contribution in [0.2, 0.25) is 5.02 Å². The Morgan fingerprint density at radius 3 is 2.06 bits per heavy atom. The third kappa shape index (κ3) is 4.77. The number of hydrogen-bond acceptors (Lipinski definition) is 5. The average Bonchev–Trinajstić information content (AvgIpc) is 2.82. The van der Waals surface area contributed by atoms with Crippen molar-refractivity contribution in [2.24, 2.45) is 17.8 Å². The van der Waals surface area contributed by atoms with E-state index in [9.17, 15) is 13.2 Å². The highest BCUT2D eigenvalue weighted by Gasteiger charge is 2.51. The summed E-state index contributed by atoms with van der Waals surface area (Å²) in [7, 11) is -0.773. The molecule has 0 radical (unpaired) electrons. The molecule has 1 N–H and O–H groups in total. The van der Waals surface area contributed by atoms with Crippen LogP contribution in [-0.2, 0) is 20.2 Å². The Bertz CT molecular complexity index is 1230. The molecule has 4 saturated carbocycles. The molecule has 4 fully saturated rings. The largest absolute Gasteiger partial charge is 0.495 e. The van der Waals surface area contributed by atoms with Crippen LogP contribution in [0.1, 0.15) is 44.1 Å². The van der Waals surface area contributed by atoms with E-state index in [0.717, 1.165) is 28.3 Å². The van der Waals surface area contributed by atoms with Gasteiger partial charge in [-0.15, -0.1) is 0 Å². The predicted octanol–water partition coefficient (Wildman–Crippen LogP) is 5.23. The fourth-order valence-corrected chi connectivity index (χ4v) is 8.21. The second kappa shape index (κ2) is 9.45. The van der Waals surface area contributed by atoms with Gasteiger partial charge < -0.3 is 14.8 Å². The molecule has 2 aromatic rings. The lowest BCUT2D eigenvalue weighted by atomic mass is 9.48. The lowest BCUT2D eigenvalue weighted by Crippen LogP contribution is -2.48. The highest BCUT2D eigenvalue weighted by Crippen LogP contribution is 2.60. The predicted molar refractivity (Wildman–Crippen MR) is 142 cm³/mol.